The molecule has 1 heterocycles. The van der Waals surface area contributed by atoms with Crippen LogP contribution in [0.5, 0.6) is 5.88 Å². The van der Waals surface area contributed by atoms with E-state index in [2.05, 4.69) is 10.2 Å². The predicted octanol–water partition coefficient (Wildman–Crippen LogP) is 0.395. The molecule has 0 aliphatic heterocycles. The minimum absolute atomic E-state index is 0.0689. The fourth-order valence-corrected chi connectivity index (χ4v) is 0.842. The van der Waals surface area contributed by atoms with Crippen LogP contribution in [0.4, 0.5) is 0 Å². The molecule has 0 amide bonds. The molecule has 1 rings (SSSR count). The summed E-state index contributed by atoms with van der Waals surface area (Å²) in [5, 5.41) is 6.37. The summed E-state index contributed by atoms with van der Waals surface area (Å²) >= 11 is 0. The Morgan fingerprint density at radius 1 is 1.45 bits per heavy atom. The Labute approximate surface area is 64.2 Å². The molecule has 0 atom stereocenters. The van der Waals surface area contributed by atoms with Crippen LogP contribution in [0.1, 0.15) is 11.3 Å². The Kier molecular flexibility index (Phi) is 1.94. The molecule has 0 aliphatic carbocycles. The molecule has 0 fully saturated rings. The van der Waals surface area contributed by atoms with Crippen LogP contribution in [0.25, 0.3) is 0 Å². The van der Waals surface area contributed by atoms with Crippen molar-refractivity contribution < 1.29 is 4.74 Å². The van der Waals surface area contributed by atoms with Crippen molar-refractivity contribution in [1.82, 2.24) is 10.2 Å². The average Bonchev–Trinajstić information content (AvgIpc) is 2.01. The Bertz CT molecular complexity index is 317. The van der Waals surface area contributed by atoms with Crippen LogP contribution in [0, 0.1) is 13.8 Å². The molecule has 1 aromatic heterocycles. The number of aromatic nitrogens is 2. The van der Waals surface area contributed by atoms with Crippen molar-refractivity contribution in [3.63, 3.8) is 0 Å². The SMILES string of the molecule is COc1[nH]nc(C)c(=O)c1C. The molecule has 0 saturated heterocycles. The quantitative estimate of drug-likeness (QED) is 0.636. The van der Waals surface area contributed by atoms with E-state index in [1.807, 2.05) is 0 Å². The Morgan fingerprint density at radius 2 is 2.09 bits per heavy atom. The summed E-state index contributed by atoms with van der Waals surface area (Å²) in [4.78, 5) is 11.2. The Morgan fingerprint density at radius 3 is 2.64 bits per heavy atom. The van der Waals surface area contributed by atoms with Gasteiger partial charge in [-0.1, -0.05) is 0 Å². The molecule has 60 valence electrons. The fraction of sp³-hybridized carbons (Fsp3) is 0.429. The molecule has 0 bridgehead atoms. The van der Waals surface area contributed by atoms with Crippen molar-refractivity contribution in [2.24, 2.45) is 0 Å². The van der Waals surface area contributed by atoms with Crippen LogP contribution >= 0.6 is 0 Å². The zero-order chi connectivity index (χ0) is 8.43. The first-order valence-corrected chi connectivity index (χ1v) is 3.26. The lowest BCUT2D eigenvalue weighted by atomic mass is 10.3. The van der Waals surface area contributed by atoms with Crippen molar-refractivity contribution in [2.45, 2.75) is 13.8 Å². The molecule has 0 spiro atoms. The van der Waals surface area contributed by atoms with E-state index in [4.69, 9.17) is 4.74 Å². The molecule has 0 saturated carbocycles. The number of nitrogens with zero attached hydrogens (tertiary/aromatic N) is 1. The summed E-state index contributed by atoms with van der Waals surface area (Å²) in [5.74, 6) is 0.431. The first kappa shape index (κ1) is 7.78. The van der Waals surface area contributed by atoms with E-state index in [1.165, 1.54) is 7.11 Å². The number of H-pyrrole nitrogens is 1. The van der Waals surface area contributed by atoms with Gasteiger partial charge in [-0.25, -0.2) is 5.10 Å². The van der Waals surface area contributed by atoms with Crippen molar-refractivity contribution in [3.05, 3.63) is 21.5 Å². The summed E-state index contributed by atoms with van der Waals surface area (Å²) in [5.41, 5.74) is 0.962. The normalized spacial score (nSPS) is 9.73. The van der Waals surface area contributed by atoms with E-state index in [9.17, 15) is 4.79 Å². The van der Waals surface area contributed by atoms with Gasteiger partial charge in [0.05, 0.1) is 12.7 Å². The molecule has 0 unspecified atom stereocenters. The van der Waals surface area contributed by atoms with Crippen molar-refractivity contribution in [1.29, 1.82) is 0 Å². The van der Waals surface area contributed by atoms with Gasteiger partial charge in [-0.2, -0.15) is 5.10 Å². The fourth-order valence-electron chi connectivity index (χ4n) is 0.842. The standard InChI is InChI=1S/C7H10N2O2/c1-4-6(10)5(2)8-9-7(4)11-3/h1-3H3,(H,9,10). The van der Waals surface area contributed by atoms with Crippen LogP contribution in [-0.4, -0.2) is 17.3 Å². The highest BCUT2D eigenvalue weighted by Crippen LogP contribution is 2.05. The molecule has 0 radical (unpaired) electrons. The minimum atomic E-state index is -0.0689. The number of rotatable bonds is 1. The molecule has 4 heteroatoms. The molecule has 1 N–H and O–H groups in total. The van der Waals surface area contributed by atoms with Crippen LogP contribution in [-0.2, 0) is 0 Å². The van der Waals surface area contributed by atoms with E-state index in [0.717, 1.165) is 0 Å². The second-order valence-corrected chi connectivity index (χ2v) is 2.30. The number of methoxy groups -OCH3 is 1. The monoisotopic (exact) mass is 154 g/mol. The van der Waals surface area contributed by atoms with E-state index < -0.39 is 0 Å². The first-order chi connectivity index (χ1) is 5.16. The van der Waals surface area contributed by atoms with Crippen molar-refractivity contribution >= 4 is 0 Å². The first-order valence-electron chi connectivity index (χ1n) is 3.26. The number of hydrogen-bond donors (Lipinski definition) is 1. The summed E-state index contributed by atoms with van der Waals surface area (Å²) in [6.45, 7) is 3.36. The van der Waals surface area contributed by atoms with Crippen LogP contribution in [0.3, 0.4) is 0 Å². The van der Waals surface area contributed by atoms with Gasteiger partial charge in [0.1, 0.15) is 5.69 Å². The molecular weight excluding hydrogens is 144 g/mol. The molecule has 11 heavy (non-hydrogen) atoms. The van der Waals surface area contributed by atoms with Crippen molar-refractivity contribution in [3.8, 4) is 5.88 Å². The molecule has 0 aliphatic rings. The number of aromatic amines is 1. The van der Waals surface area contributed by atoms with Gasteiger partial charge in [0.15, 0.2) is 0 Å². The predicted molar refractivity (Wildman–Crippen MR) is 40.9 cm³/mol. The number of hydrogen-bond acceptors (Lipinski definition) is 3. The lowest BCUT2D eigenvalue weighted by molar-refractivity contribution is 0.387. The van der Waals surface area contributed by atoms with Crippen LogP contribution < -0.4 is 10.2 Å². The summed E-state index contributed by atoms with van der Waals surface area (Å²) in [6, 6.07) is 0. The lowest BCUT2D eigenvalue weighted by Crippen LogP contribution is -2.13. The summed E-state index contributed by atoms with van der Waals surface area (Å²) < 4.78 is 4.86. The van der Waals surface area contributed by atoms with Crippen molar-refractivity contribution in [2.75, 3.05) is 7.11 Å². The third-order valence-corrected chi connectivity index (χ3v) is 1.54. The van der Waals surface area contributed by atoms with Crippen LogP contribution in [0.2, 0.25) is 0 Å². The highest BCUT2D eigenvalue weighted by Gasteiger charge is 2.04. The highest BCUT2D eigenvalue weighted by atomic mass is 16.5. The number of ether oxygens (including phenoxy) is 1. The van der Waals surface area contributed by atoms with E-state index in [1.54, 1.807) is 13.8 Å². The largest absolute Gasteiger partial charge is 0.481 e. The third kappa shape index (κ3) is 1.24. The zero-order valence-corrected chi connectivity index (χ0v) is 6.76. The van der Waals surface area contributed by atoms with E-state index >= 15 is 0 Å². The maximum Gasteiger partial charge on any atom is 0.214 e. The summed E-state index contributed by atoms with van der Waals surface area (Å²) in [6.07, 6.45) is 0. The summed E-state index contributed by atoms with van der Waals surface area (Å²) in [7, 11) is 1.50. The number of aryl methyl sites for hydroxylation is 1. The smallest absolute Gasteiger partial charge is 0.214 e. The molecule has 4 nitrogen and oxygen atoms in total. The maximum atomic E-state index is 11.2. The van der Waals surface area contributed by atoms with Gasteiger partial charge in [0.2, 0.25) is 11.3 Å². The van der Waals surface area contributed by atoms with Gasteiger partial charge in [-0.05, 0) is 13.8 Å². The lowest BCUT2D eigenvalue weighted by Gasteiger charge is -2.01. The Balaban J connectivity index is 3.37. The van der Waals surface area contributed by atoms with E-state index in [-0.39, 0.29) is 5.43 Å². The molecule has 1 aromatic rings. The van der Waals surface area contributed by atoms with E-state index in [0.29, 0.717) is 17.1 Å². The average molecular weight is 154 g/mol. The second kappa shape index (κ2) is 2.74. The minimum Gasteiger partial charge on any atom is -0.481 e. The van der Waals surface area contributed by atoms with Gasteiger partial charge in [-0.15, -0.1) is 0 Å². The van der Waals surface area contributed by atoms with Gasteiger partial charge < -0.3 is 4.74 Å². The Hall–Kier alpha value is -1.32. The second-order valence-electron chi connectivity index (χ2n) is 2.30. The van der Waals surface area contributed by atoms with Gasteiger partial charge in [-0.3, -0.25) is 4.79 Å². The molecular formula is C7H10N2O2. The maximum absolute atomic E-state index is 11.2. The van der Waals surface area contributed by atoms with Gasteiger partial charge in [0, 0.05) is 0 Å². The van der Waals surface area contributed by atoms with Gasteiger partial charge >= 0.3 is 0 Å². The molecule has 0 aromatic carbocycles. The van der Waals surface area contributed by atoms with Gasteiger partial charge in [0.25, 0.3) is 0 Å². The zero-order valence-electron chi connectivity index (χ0n) is 6.76. The highest BCUT2D eigenvalue weighted by molar-refractivity contribution is 5.24. The third-order valence-electron chi connectivity index (χ3n) is 1.54. The topological polar surface area (TPSA) is 55.0 Å². The van der Waals surface area contributed by atoms with Crippen LogP contribution in [0.15, 0.2) is 4.79 Å². The number of nitrogens with one attached hydrogen (secondary N) is 1.